The van der Waals surface area contributed by atoms with E-state index in [1.54, 1.807) is 0 Å². The van der Waals surface area contributed by atoms with Crippen molar-refractivity contribution in [2.24, 2.45) is 5.92 Å². The summed E-state index contributed by atoms with van der Waals surface area (Å²) in [5.74, 6) is 0.918. The van der Waals surface area contributed by atoms with Crippen molar-refractivity contribution in [3.8, 4) is 0 Å². The number of nitrogens with zero attached hydrogens (tertiary/aromatic N) is 1. The molecule has 0 aromatic rings. The van der Waals surface area contributed by atoms with Crippen molar-refractivity contribution in [3.63, 3.8) is 0 Å². The molecule has 0 saturated carbocycles. The predicted molar refractivity (Wildman–Crippen MR) is 54.3 cm³/mol. The normalized spacial score (nSPS) is 26.5. The minimum absolute atomic E-state index is 0.444. The molecular weight excluding hydrogens is 146 g/mol. The molecule has 12 heavy (non-hydrogen) atoms. The molecule has 0 aliphatic carbocycles. The van der Waals surface area contributed by atoms with Gasteiger partial charge in [-0.25, -0.2) is 0 Å². The topological polar surface area (TPSA) is 3.24 Å². The van der Waals surface area contributed by atoms with Crippen LogP contribution < -0.4 is 0 Å². The zero-order valence-corrected chi connectivity index (χ0v) is 9.06. The lowest BCUT2D eigenvalue weighted by atomic mass is 9.97. The fraction of sp³-hybridized carbons (Fsp3) is 1.00. The van der Waals surface area contributed by atoms with Gasteiger partial charge in [0.2, 0.25) is 0 Å². The standard InChI is InChI=1S/C11H23N/c1-5-7-11(3,4)12-8-6-10(2)9-12/h10H,5-9H2,1-4H3/t10-/m0/s1. The summed E-state index contributed by atoms with van der Waals surface area (Å²) in [4.78, 5) is 2.65. The van der Waals surface area contributed by atoms with Gasteiger partial charge in [-0.2, -0.15) is 0 Å². The second kappa shape index (κ2) is 3.78. The molecular formula is C11H23N. The molecule has 0 radical (unpaired) electrons. The molecule has 0 spiro atoms. The van der Waals surface area contributed by atoms with Gasteiger partial charge >= 0.3 is 0 Å². The van der Waals surface area contributed by atoms with Crippen LogP contribution in [0.1, 0.15) is 47.0 Å². The first kappa shape index (κ1) is 10.0. The first-order valence-corrected chi connectivity index (χ1v) is 5.31. The molecule has 1 aliphatic rings. The smallest absolute Gasteiger partial charge is 0.0153 e. The van der Waals surface area contributed by atoms with Gasteiger partial charge in [-0.05, 0) is 39.2 Å². The van der Waals surface area contributed by atoms with Crippen LogP contribution in [-0.2, 0) is 0 Å². The molecule has 0 N–H and O–H groups in total. The van der Waals surface area contributed by atoms with E-state index in [4.69, 9.17) is 0 Å². The van der Waals surface area contributed by atoms with Gasteiger partial charge in [0.05, 0.1) is 0 Å². The van der Waals surface area contributed by atoms with Gasteiger partial charge in [0.25, 0.3) is 0 Å². The third-order valence-electron chi connectivity index (χ3n) is 3.14. The van der Waals surface area contributed by atoms with Crippen molar-refractivity contribution < 1.29 is 0 Å². The average Bonchev–Trinajstić information content (AvgIpc) is 2.36. The Hall–Kier alpha value is -0.0400. The molecule has 72 valence electrons. The monoisotopic (exact) mass is 169 g/mol. The summed E-state index contributed by atoms with van der Waals surface area (Å²) in [5.41, 5.74) is 0.444. The van der Waals surface area contributed by atoms with Crippen molar-refractivity contribution >= 4 is 0 Å². The highest BCUT2D eigenvalue weighted by molar-refractivity contribution is 4.86. The highest BCUT2D eigenvalue weighted by Crippen LogP contribution is 2.27. The van der Waals surface area contributed by atoms with Gasteiger partial charge in [-0.1, -0.05) is 20.3 Å². The molecule has 1 saturated heterocycles. The van der Waals surface area contributed by atoms with E-state index in [9.17, 15) is 0 Å². The second-order valence-corrected chi connectivity index (χ2v) is 4.90. The van der Waals surface area contributed by atoms with Crippen LogP contribution in [0.4, 0.5) is 0 Å². The van der Waals surface area contributed by atoms with Gasteiger partial charge in [0, 0.05) is 12.1 Å². The van der Waals surface area contributed by atoms with Gasteiger partial charge in [-0.15, -0.1) is 0 Å². The Bertz CT molecular complexity index is 140. The maximum absolute atomic E-state index is 2.65. The first-order chi connectivity index (χ1) is 5.56. The maximum atomic E-state index is 2.65. The van der Waals surface area contributed by atoms with Crippen molar-refractivity contribution in [1.29, 1.82) is 0 Å². The predicted octanol–water partition coefficient (Wildman–Crippen LogP) is 2.91. The Morgan fingerprint density at radius 3 is 2.50 bits per heavy atom. The summed E-state index contributed by atoms with van der Waals surface area (Å²) < 4.78 is 0. The van der Waals surface area contributed by atoms with E-state index in [-0.39, 0.29) is 0 Å². The molecule has 1 rings (SSSR count). The van der Waals surface area contributed by atoms with Crippen LogP contribution >= 0.6 is 0 Å². The summed E-state index contributed by atoms with van der Waals surface area (Å²) in [6.45, 7) is 12.0. The van der Waals surface area contributed by atoms with Gasteiger partial charge in [-0.3, -0.25) is 4.90 Å². The van der Waals surface area contributed by atoms with Crippen LogP contribution in [0.25, 0.3) is 0 Å². The van der Waals surface area contributed by atoms with E-state index in [1.807, 2.05) is 0 Å². The Balaban J connectivity index is 2.45. The lowest BCUT2D eigenvalue weighted by Gasteiger charge is -2.35. The van der Waals surface area contributed by atoms with Crippen molar-refractivity contribution in [3.05, 3.63) is 0 Å². The Kier molecular flexibility index (Phi) is 3.16. The highest BCUT2D eigenvalue weighted by Gasteiger charge is 2.30. The van der Waals surface area contributed by atoms with E-state index < -0.39 is 0 Å². The second-order valence-electron chi connectivity index (χ2n) is 4.90. The summed E-state index contributed by atoms with van der Waals surface area (Å²) in [5, 5.41) is 0. The minimum Gasteiger partial charge on any atom is -0.298 e. The fourth-order valence-electron chi connectivity index (χ4n) is 2.25. The first-order valence-electron chi connectivity index (χ1n) is 5.31. The van der Waals surface area contributed by atoms with E-state index in [2.05, 4.69) is 32.6 Å². The quantitative estimate of drug-likeness (QED) is 0.628. The maximum Gasteiger partial charge on any atom is 0.0153 e. The van der Waals surface area contributed by atoms with E-state index in [0.29, 0.717) is 5.54 Å². The highest BCUT2D eigenvalue weighted by atomic mass is 15.2. The molecule has 0 aromatic heterocycles. The van der Waals surface area contributed by atoms with E-state index in [0.717, 1.165) is 5.92 Å². The van der Waals surface area contributed by atoms with Crippen molar-refractivity contribution in [2.75, 3.05) is 13.1 Å². The summed E-state index contributed by atoms with van der Waals surface area (Å²) in [6.07, 6.45) is 4.03. The van der Waals surface area contributed by atoms with Gasteiger partial charge in [0.15, 0.2) is 0 Å². The molecule has 0 aromatic carbocycles. The van der Waals surface area contributed by atoms with Crippen LogP contribution in [0.5, 0.6) is 0 Å². The van der Waals surface area contributed by atoms with Crippen molar-refractivity contribution in [2.45, 2.75) is 52.5 Å². The van der Waals surface area contributed by atoms with Crippen LogP contribution in [0, 0.1) is 5.92 Å². The minimum atomic E-state index is 0.444. The fourth-order valence-corrected chi connectivity index (χ4v) is 2.25. The molecule has 1 fully saturated rings. The Labute approximate surface area is 77.1 Å². The molecule has 1 atom stereocenters. The molecule has 0 amide bonds. The van der Waals surface area contributed by atoms with E-state index >= 15 is 0 Å². The number of hydrogen-bond acceptors (Lipinski definition) is 1. The van der Waals surface area contributed by atoms with E-state index in [1.165, 1.54) is 32.4 Å². The molecule has 1 heterocycles. The summed E-state index contributed by atoms with van der Waals surface area (Å²) >= 11 is 0. The Morgan fingerprint density at radius 1 is 1.42 bits per heavy atom. The third-order valence-corrected chi connectivity index (χ3v) is 3.14. The van der Waals surface area contributed by atoms with Crippen LogP contribution in [0.2, 0.25) is 0 Å². The molecule has 0 unspecified atom stereocenters. The SMILES string of the molecule is CCCC(C)(C)N1CC[C@H](C)C1. The summed E-state index contributed by atoms with van der Waals surface area (Å²) in [7, 11) is 0. The number of hydrogen-bond donors (Lipinski definition) is 0. The molecule has 1 nitrogen and oxygen atoms in total. The number of rotatable bonds is 3. The van der Waals surface area contributed by atoms with Crippen LogP contribution in [0.3, 0.4) is 0 Å². The van der Waals surface area contributed by atoms with Gasteiger partial charge in [0.1, 0.15) is 0 Å². The van der Waals surface area contributed by atoms with Crippen LogP contribution in [0.15, 0.2) is 0 Å². The molecule has 1 aliphatic heterocycles. The Morgan fingerprint density at radius 2 is 2.08 bits per heavy atom. The summed E-state index contributed by atoms with van der Waals surface area (Å²) in [6, 6.07) is 0. The molecule has 0 bridgehead atoms. The largest absolute Gasteiger partial charge is 0.298 e. The zero-order valence-electron chi connectivity index (χ0n) is 9.06. The third kappa shape index (κ3) is 2.22. The molecule has 1 heteroatoms. The van der Waals surface area contributed by atoms with Gasteiger partial charge < -0.3 is 0 Å². The number of likely N-dealkylation sites (tertiary alicyclic amines) is 1. The average molecular weight is 169 g/mol. The lowest BCUT2D eigenvalue weighted by molar-refractivity contribution is 0.138. The lowest BCUT2D eigenvalue weighted by Crippen LogP contribution is -2.42. The zero-order chi connectivity index (χ0) is 9.19. The van der Waals surface area contributed by atoms with Crippen LogP contribution in [-0.4, -0.2) is 23.5 Å². The van der Waals surface area contributed by atoms with Crippen molar-refractivity contribution in [1.82, 2.24) is 4.90 Å².